The summed E-state index contributed by atoms with van der Waals surface area (Å²) in [4.78, 5) is 44.1. The number of fused-ring (bicyclic) bond motifs is 8. The summed E-state index contributed by atoms with van der Waals surface area (Å²) in [6.45, 7) is 5.61. The molecule has 12 rings (SSSR count). The number of rotatable bonds is 4. The molecule has 2 aliphatic carbocycles. The first-order valence-corrected chi connectivity index (χ1v) is 22.8. The van der Waals surface area contributed by atoms with Crippen LogP contribution in [0.2, 0.25) is 0 Å². The second-order valence-electron chi connectivity index (χ2n) is 18.1. The molecule has 15 heteroatoms. The predicted molar refractivity (Wildman–Crippen MR) is 264 cm³/mol. The summed E-state index contributed by atoms with van der Waals surface area (Å²) < 4.78 is 98.1. The Balaban J connectivity index is 0.000000154. The lowest BCUT2D eigenvalue weighted by Crippen LogP contribution is -2.22. The fraction of sp³-hybridized carbons (Fsp3) is 0.179. The zero-order valence-electron chi connectivity index (χ0n) is 37.8. The third kappa shape index (κ3) is 8.18. The number of allylic oxidation sites excluding steroid dienone is 6. The van der Waals surface area contributed by atoms with Crippen LogP contribution in [0.4, 0.5) is 30.7 Å². The van der Waals surface area contributed by atoms with Gasteiger partial charge in [-0.25, -0.2) is 4.39 Å². The largest absolute Gasteiger partial charge is 0.418 e. The Hall–Kier alpha value is -8.07. The molecule has 0 radical (unpaired) electrons. The number of aliphatic imine (C=N–C) groups is 2. The van der Waals surface area contributed by atoms with Crippen LogP contribution in [0, 0.1) is 29.5 Å². The molecule has 8 aromatic rings. The van der Waals surface area contributed by atoms with Crippen molar-refractivity contribution in [1.29, 1.82) is 0 Å². The Labute approximate surface area is 399 Å². The second-order valence-corrected chi connectivity index (χ2v) is 18.1. The van der Waals surface area contributed by atoms with Crippen molar-refractivity contribution in [2.75, 3.05) is 13.1 Å². The molecule has 0 saturated heterocycles. The minimum Gasteiger partial charge on any atom is -0.293 e. The van der Waals surface area contributed by atoms with E-state index in [1.165, 1.54) is 41.1 Å². The number of hydrogen-bond donors (Lipinski definition) is 0. The molecule has 4 unspecified atom stereocenters. The number of benzene rings is 4. The molecule has 4 aromatic carbocycles. The fourth-order valence-corrected chi connectivity index (χ4v) is 10.2. The molecule has 4 atom stereocenters. The van der Waals surface area contributed by atoms with E-state index in [4.69, 9.17) is 0 Å². The van der Waals surface area contributed by atoms with Gasteiger partial charge in [0, 0.05) is 99.9 Å². The van der Waals surface area contributed by atoms with Crippen molar-refractivity contribution in [1.82, 2.24) is 19.1 Å². The third-order valence-corrected chi connectivity index (χ3v) is 13.8. The monoisotopic (exact) mass is 960 g/mol. The van der Waals surface area contributed by atoms with Crippen LogP contribution in [0.1, 0.15) is 36.1 Å². The Bertz CT molecular complexity index is 3880. The van der Waals surface area contributed by atoms with Gasteiger partial charge in [0.15, 0.2) is 0 Å². The maximum Gasteiger partial charge on any atom is 0.418 e. The van der Waals surface area contributed by atoms with Crippen molar-refractivity contribution in [2.24, 2.45) is 33.7 Å². The van der Waals surface area contributed by atoms with Crippen molar-refractivity contribution in [3.63, 3.8) is 0 Å². The zero-order valence-corrected chi connectivity index (χ0v) is 37.8. The molecule has 0 N–H and O–H groups in total. The van der Waals surface area contributed by atoms with E-state index in [-0.39, 0.29) is 23.0 Å². The molecule has 71 heavy (non-hydrogen) atoms. The maximum atomic E-state index is 13.9. The van der Waals surface area contributed by atoms with Crippen molar-refractivity contribution in [2.45, 2.75) is 26.2 Å². The molecule has 0 spiro atoms. The van der Waals surface area contributed by atoms with Crippen LogP contribution < -0.4 is 11.1 Å². The lowest BCUT2D eigenvalue weighted by atomic mass is 9.83. The molecule has 0 saturated carbocycles. The highest BCUT2D eigenvalue weighted by atomic mass is 19.4. The Kier molecular flexibility index (Phi) is 10.9. The molecule has 8 nitrogen and oxygen atoms in total. The number of pyridine rings is 4. The average Bonchev–Trinajstić information content (AvgIpc) is 3.93. The number of aromatic nitrogens is 4. The van der Waals surface area contributed by atoms with Crippen LogP contribution >= 0.6 is 0 Å². The number of hydrogen-bond acceptors (Lipinski definition) is 6. The van der Waals surface area contributed by atoms with Gasteiger partial charge in [-0.1, -0.05) is 54.7 Å². The van der Waals surface area contributed by atoms with Crippen molar-refractivity contribution >= 4 is 66.2 Å². The number of nitrogens with zero attached hydrogens (tertiary/aromatic N) is 6. The van der Waals surface area contributed by atoms with Crippen molar-refractivity contribution in [3.05, 3.63) is 201 Å². The topological polar surface area (TPSA) is 94.5 Å². The van der Waals surface area contributed by atoms with Gasteiger partial charge in [-0.15, -0.1) is 0 Å². The minimum absolute atomic E-state index is 0.158. The maximum absolute atomic E-state index is 13.9. The minimum atomic E-state index is -4.86. The van der Waals surface area contributed by atoms with Gasteiger partial charge in [0.1, 0.15) is 5.82 Å². The van der Waals surface area contributed by atoms with E-state index in [1.54, 1.807) is 18.3 Å². The summed E-state index contributed by atoms with van der Waals surface area (Å²) in [6, 6.07) is 24.3. The Morgan fingerprint density at radius 3 is 1.65 bits per heavy atom. The molecule has 0 amide bonds. The molecule has 4 aromatic heterocycles. The van der Waals surface area contributed by atoms with Gasteiger partial charge in [-0.3, -0.25) is 38.7 Å². The van der Waals surface area contributed by atoms with Gasteiger partial charge in [-0.05, 0) is 109 Å². The summed E-state index contributed by atoms with van der Waals surface area (Å²) >= 11 is 0. The highest BCUT2D eigenvalue weighted by Crippen LogP contribution is 2.39. The lowest BCUT2D eigenvalue weighted by molar-refractivity contribution is -0.138. The van der Waals surface area contributed by atoms with E-state index >= 15 is 0 Å². The first-order chi connectivity index (χ1) is 34.0. The van der Waals surface area contributed by atoms with Gasteiger partial charge >= 0.3 is 12.4 Å². The first-order valence-electron chi connectivity index (χ1n) is 22.8. The molecule has 6 heterocycles. The molecular formula is C56H39F7N6O2. The van der Waals surface area contributed by atoms with Crippen molar-refractivity contribution in [3.8, 4) is 11.4 Å². The predicted octanol–water partition coefficient (Wildman–Crippen LogP) is 12.6. The molecular weight excluding hydrogens is 922 g/mol. The number of halogens is 7. The van der Waals surface area contributed by atoms with Gasteiger partial charge in [-0.2, -0.15) is 26.3 Å². The van der Waals surface area contributed by atoms with E-state index < -0.39 is 46.1 Å². The van der Waals surface area contributed by atoms with Gasteiger partial charge in [0.25, 0.3) is 11.1 Å². The summed E-state index contributed by atoms with van der Waals surface area (Å²) in [5.41, 5.74) is 4.62. The standard InChI is InChI=1S/C28H19F4N3O.C28H20F3N3O/c1-15-21-10-16(2-3-18(21)13-33-15)17-4-7-24-22(11-17)27-19(14-34-24)5-9-26(36)35(27)25-8-6-20(29)12-23(25)28(30,31)32;1-16-23-11-17(5-6-19(23)14-32-16)18-7-9-25-24(12-18)27-20(15-33-25)8-10-26(35)34(27)22-4-2-3-21(13-22)28(29,30)31/h2-12,14,18,21H,13H2,1H3;2-13,15,19,23H,14H2,1H3. The summed E-state index contributed by atoms with van der Waals surface area (Å²) in [5.74, 6) is 0.153. The lowest BCUT2D eigenvalue weighted by Gasteiger charge is -2.20. The van der Waals surface area contributed by atoms with E-state index in [0.717, 1.165) is 75.6 Å². The Morgan fingerprint density at radius 1 is 0.577 bits per heavy atom. The van der Waals surface area contributed by atoms with Crippen LogP contribution in [0.5, 0.6) is 0 Å². The van der Waals surface area contributed by atoms with Crippen LogP contribution in [0.15, 0.2) is 172 Å². The zero-order chi connectivity index (χ0) is 49.5. The Morgan fingerprint density at radius 2 is 1.11 bits per heavy atom. The van der Waals surface area contributed by atoms with Crippen LogP contribution in [0.25, 0.3) is 66.1 Å². The van der Waals surface area contributed by atoms with E-state index in [9.17, 15) is 40.3 Å². The van der Waals surface area contributed by atoms with Gasteiger partial charge in [0.05, 0.1) is 38.9 Å². The van der Waals surface area contributed by atoms with E-state index in [0.29, 0.717) is 56.0 Å². The summed E-state index contributed by atoms with van der Waals surface area (Å²) in [7, 11) is 0. The van der Waals surface area contributed by atoms with Crippen LogP contribution in [-0.4, -0.2) is 43.6 Å². The van der Waals surface area contributed by atoms with Crippen LogP contribution in [0.3, 0.4) is 0 Å². The highest BCUT2D eigenvalue weighted by molar-refractivity contribution is 6.07. The fourth-order valence-electron chi connectivity index (χ4n) is 10.2. The van der Waals surface area contributed by atoms with E-state index in [2.05, 4.69) is 50.3 Å². The smallest absolute Gasteiger partial charge is 0.293 e. The van der Waals surface area contributed by atoms with Gasteiger partial charge in [0.2, 0.25) is 0 Å². The van der Waals surface area contributed by atoms with Crippen LogP contribution in [-0.2, 0) is 12.4 Å². The van der Waals surface area contributed by atoms with E-state index in [1.807, 2.05) is 50.3 Å². The van der Waals surface area contributed by atoms with Gasteiger partial charge < -0.3 is 0 Å². The highest BCUT2D eigenvalue weighted by Gasteiger charge is 2.36. The SMILES string of the molecule is CC1=NCC2C=CC(c3ccc4ncc5ccc(=O)n(-c6ccc(F)cc6C(F)(F)F)c5c4c3)=CC12.CC1=NCC2C=CC(c3ccc4ncc5ccc(=O)n(-c6cccc(C(F)(F)F)c6)c5c4c3)=CC12. The molecule has 354 valence electrons. The quantitative estimate of drug-likeness (QED) is 0.130. The molecule has 2 aliphatic heterocycles. The molecule has 0 bridgehead atoms. The first kappa shape index (κ1) is 45.4. The summed E-state index contributed by atoms with van der Waals surface area (Å²) in [6.07, 6.45) is 6.61. The third-order valence-electron chi connectivity index (χ3n) is 13.8. The summed E-state index contributed by atoms with van der Waals surface area (Å²) in [5, 5.41) is 2.37. The second kappa shape index (κ2) is 17.1. The number of alkyl halides is 6. The van der Waals surface area contributed by atoms with Crippen molar-refractivity contribution < 1.29 is 30.7 Å². The molecule has 0 fully saturated rings. The normalized spacial score (nSPS) is 19.6. The molecule has 4 aliphatic rings. The average molecular weight is 961 g/mol.